The molecule has 0 aliphatic carbocycles. The number of nitrogens with one attached hydrogen (secondary N) is 1. The first-order valence-electron chi connectivity index (χ1n) is 10.9. The highest BCUT2D eigenvalue weighted by atomic mass is 35.5. The summed E-state index contributed by atoms with van der Waals surface area (Å²) in [5.74, 6) is -2.02. The van der Waals surface area contributed by atoms with E-state index in [1.54, 1.807) is 0 Å². The summed E-state index contributed by atoms with van der Waals surface area (Å²) in [5.41, 5.74) is 1.90. The fourth-order valence-corrected chi connectivity index (χ4v) is 3.82. The Morgan fingerprint density at radius 1 is 0.941 bits per heavy atom. The molecule has 3 aromatic carbocycles. The van der Waals surface area contributed by atoms with Crippen molar-refractivity contribution >= 4 is 34.5 Å². The smallest absolute Gasteiger partial charge is 0.407 e. The second-order valence-electron chi connectivity index (χ2n) is 7.87. The molecule has 0 bridgehead atoms. The Labute approximate surface area is 200 Å². The topological polar surface area (TPSA) is 81.3 Å². The molecule has 6 nitrogen and oxygen atoms in total. The summed E-state index contributed by atoms with van der Waals surface area (Å²) >= 11 is 5.67. The zero-order chi connectivity index (χ0) is 24.1. The lowest BCUT2D eigenvalue weighted by Gasteiger charge is -2.06. The lowest BCUT2D eigenvalue weighted by molar-refractivity contribution is 0.103. The average molecular weight is 481 g/mol. The van der Waals surface area contributed by atoms with Crippen molar-refractivity contribution in [1.29, 1.82) is 0 Å². The molecule has 0 aliphatic heterocycles. The minimum absolute atomic E-state index is 0.0858. The van der Waals surface area contributed by atoms with E-state index in [2.05, 4.69) is 17.4 Å². The van der Waals surface area contributed by atoms with Gasteiger partial charge in [-0.2, -0.15) is 4.57 Å². The van der Waals surface area contributed by atoms with E-state index in [9.17, 15) is 18.8 Å². The number of rotatable bonds is 8. The van der Waals surface area contributed by atoms with E-state index in [0.717, 1.165) is 36.3 Å². The van der Waals surface area contributed by atoms with Crippen LogP contribution in [0.5, 0.6) is 0 Å². The first-order chi connectivity index (χ1) is 16.4. The van der Waals surface area contributed by atoms with Crippen LogP contribution in [0.4, 0.5) is 9.18 Å². The standard InChI is InChI=1S/C26H22ClFN2O4/c27-20-12-10-18(15-21(20)28)24(31)19-11-13-22-23(16-19)34-26(33)30(22)25(32)29-14-6-2-5-9-17-7-3-1-4-8-17/h1,3-4,7-8,10-13,15-16H,2,5-6,9,14H2,(H,29,32). The lowest BCUT2D eigenvalue weighted by Crippen LogP contribution is -2.34. The van der Waals surface area contributed by atoms with Gasteiger partial charge in [-0.15, -0.1) is 0 Å². The minimum atomic E-state index is -0.848. The Bertz CT molecular complexity index is 1400. The number of carbonyl (C=O) groups is 2. The predicted octanol–water partition coefficient (Wildman–Crippen LogP) is 5.59. The molecule has 4 rings (SSSR count). The Morgan fingerprint density at radius 3 is 2.44 bits per heavy atom. The second-order valence-corrected chi connectivity index (χ2v) is 8.28. The summed E-state index contributed by atoms with van der Waals surface area (Å²) in [6, 6.07) is 17.6. The number of aromatic nitrogens is 1. The van der Waals surface area contributed by atoms with E-state index >= 15 is 0 Å². The van der Waals surface area contributed by atoms with Crippen LogP contribution in [-0.4, -0.2) is 22.9 Å². The molecular formula is C26H22ClFN2O4. The number of aryl methyl sites for hydroxylation is 1. The van der Waals surface area contributed by atoms with Gasteiger partial charge in [0, 0.05) is 17.7 Å². The number of amides is 1. The molecule has 1 N–H and O–H groups in total. The normalized spacial score (nSPS) is 11.0. The maximum atomic E-state index is 13.7. The van der Waals surface area contributed by atoms with Gasteiger partial charge in [-0.1, -0.05) is 48.4 Å². The van der Waals surface area contributed by atoms with Gasteiger partial charge in [0.05, 0.1) is 10.5 Å². The van der Waals surface area contributed by atoms with Crippen LogP contribution < -0.4 is 11.1 Å². The van der Waals surface area contributed by atoms with Gasteiger partial charge < -0.3 is 9.73 Å². The summed E-state index contributed by atoms with van der Waals surface area (Å²) in [6.45, 7) is 0.422. The first-order valence-corrected chi connectivity index (χ1v) is 11.3. The average Bonchev–Trinajstić information content (AvgIpc) is 3.18. The number of unbranched alkanes of at least 4 members (excludes halogenated alkanes) is 2. The van der Waals surface area contributed by atoms with Crippen LogP contribution >= 0.6 is 11.6 Å². The van der Waals surface area contributed by atoms with E-state index in [-0.39, 0.29) is 27.2 Å². The van der Waals surface area contributed by atoms with Crippen LogP contribution in [0.25, 0.3) is 11.1 Å². The molecule has 0 saturated heterocycles. The van der Waals surface area contributed by atoms with Crippen molar-refractivity contribution in [2.45, 2.75) is 25.7 Å². The zero-order valence-electron chi connectivity index (χ0n) is 18.2. The van der Waals surface area contributed by atoms with Crippen molar-refractivity contribution in [3.8, 4) is 0 Å². The van der Waals surface area contributed by atoms with Gasteiger partial charge in [0.1, 0.15) is 5.82 Å². The Balaban J connectivity index is 1.38. The molecule has 1 aromatic heterocycles. The number of benzene rings is 3. The molecule has 0 spiro atoms. The highest BCUT2D eigenvalue weighted by molar-refractivity contribution is 6.30. The zero-order valence-corrected chi connectivity index (χ0v) is 19.0. The number of carbonyl (C=O) groups excluding carboxylic acids is 2. The fraction of sp³-hybridized carbons (Fsp3) is 0.192. The van der Waals surface area contributed by atoms with E-state index in [1.165, 1.54) is 35.9 Å². The number of ketones is 1. The van der Waals surface area contributed by atoms with Crippen molar-refractivity contribution in [2.75, 3.05) is 6.54 Å². The summed E-state index contributed by atoms with van der Waals surface area (Å²) in [4.78, 5) is 37.5. The number of oxazole rings is 1. The van der Waals surface area contributed by atoms with Crippen molar-refractivity contribution in [3.05, 3.63) is 105 Å². The summed E-state index contributed by atoms with van der Waals surface area (Å²) < 4.78 is 19.8. The fourth-order valence-electron chi connectivity index (χ4n) is 3.71. The number of halogens is 2. The number of fused-ring (bicyclic) bond motifs is 1. The molecule has 0 unspecified atom stereocenters. The van der Waals surface area contributed by atoms with Crippen molar-refractivity contribution < 1.29 is 18.4 Å². The minimum Gasteiger partial charge on any atom is -0.407 e. The number of hydrogen-bond acceptors (Lipinski definition) is 4. The maximum absolute atomic E-state index is 13.7. The van der Waals surface area contributed by atoms with Gasteiger partial charge in [-0.25, -0.2) is 14.0 Å². The highest BCUT2D eigenvalue weighted by Gasteiger charge is 2.18. The molecule has 0 atom stereocenters. The third kappa shape index (κ3) is 5.26. The third-order valence-electron chi connectivity index (χ3n) is 5.49. The van der Waals surface area contributed by atoms with Crippen LogP contribution in [-0.2, 0) is 6.42 Å². The highest BCUT2D eigenvalue weighted by Crippen LogP contribution is 2.21. The molecule has 1 amide bonds. The third-order valence-corrected chi connectivity index (χ3v) is 5.80. The monoisotopic (exact) mass is 480 g/mol. The summed E-state index contributed by atoms with van der Waals surface area (Å²) in [7, 11) is 0. The molecule has 34 heavy (non-hydrogen) atoms. The van der Waals surface area contributed by atoms with Crippen molar-refractivity contribution in [1.82, 2.24) is 9.88 Å². The van der Waals surface area contributed by atoms with Gasteiger partial charge in [-0.05, 0) is 61.2 Å². The number of hydrogen-bond donors (Lipinski definition) is 1. The first kappa shape index (κ1) is 23.4. The molecule has 174 valence electrons. The van der Waals surface area contributed by atoms with E-state index < -0.39 is 23.4 Å². The van der Waals surface area contributed by atoms with Gasteiger partial charge in [-0.3, -0.25) is 4.79 Å². The summed E-state index contributed by atoms with van der Waals surface area (Å²) in [5, 5.41) is 2.65. The molecule has 0 saturated carbocycles. The molecule has 0 aliphatic rings. The van der Waals surface area contributed by atoms with Crippen molar-refractivity contribution in [2.24, 2.45) is 0 Å². The summed E-state index contributed by atoms with van der Waals surface area (Å²) in [6.07, 6.45) is 3.69. The molecule has 8 heteroatoms. The van der Waals surface area contributed by atoms with Gasteiger partial charge in [0.15, 0.2) is 11.4 Å². The van der Waals surface area contributed by atoms with E-state index in [0.29, 0.717) is 6.54 Å². The Hall–Kier alpha value is -3.71. The largest absolute Gasteiger partial charge is 0.428 e. The Morgan fingerprint density at radius 2 is 1.68 bits per heavy atom. The van der Waals surface area contributed by atoms with E-state index in [1.807, 2.05) is 18.2 Å². The van der Waals surface area contributed by atoms with Gasteiger partial charge in [0.25, 0.3) is 0 Å². The maximum Gasteiger partial charge on any atom is 0.428 e. The van der Waals surface area contributed by atoms with E-state index in [4.69, 9.17) is 16.0 Å². The quantitative estimate of drug-likeness (QED) is 0.263. The Kier molecular flexibility index (Phi) is 7.23. The molecule has 1 heterocycles. The molecular weight excluding hydrogens is 459 g/mol. The molecule has 0 radical (unpaired) electrons. The van der Waals surface area contributed by atoms with Crippen LogP contribution in [0.15, 0.2) is 75.9 Å². The molecule has 4 aromatic rings. The van der Waals surface area contributed by atoms with Crippen molar-refractivity contribution in [3.63, 3.8) is 0 Å². The predicted molar refractivity (Wildman–Crippen MR) is 128 cm³/mol. The van der Waals surface area contributed by atoms with Crippen LogP contribution in [0, 0.1) is 5.82 Å². The van der Waals surface area contributed by atoms with Crippen LogP contribution in [0.2, 0.25) is 5.02 Å². The van der Waals surface area contributed by atoms with Crippen LogP contribution in [0.1, 0.15) is 40.7 Å². The van der Waals surface area contributed by atoms with Gasteiger partial charge in [0.2, 0.25) is 0 Å². The lowest BCUT2D eigenvalue weighted by atomic mass is 10.0. The second kappa shape index (κ2) is 10.5. The van der Waals surface area contributed by atoms with Gasteiger partial charge >= 0.3 is 11.8 Å². The number of nitrogens with zero attached hydrogens (tertiary/aromatic N) is 1. The molecule has 0 fully saturated rings. The van der Waals surface area contributed by atoms with Crippen LogP contribution in [0.3, 0.4) is 0 Å². The SMILES string of the molecule is O=C(c1ccc(Cl)c(F)c1)c1ccc2c(c1)oc(=O)n2C(=O)NCCCCCc1ccccc1.